The van der Waals surface area contributed by atoms with Gasteiger partial charge in [-0.3, -0.25) is 0 Å². The molecule has 0 aliphatic heterocycles. The van der Waals surface area contributed by atoms with E-state index >= 15 is 0 Å². The molecule has 0 bridgehead atoms. The molecule has 0 aliphatic carbocycles. The molecule has 0 fully saturated rings. The molecule has 1 N–H and O–H groups in total. The average molecular weight is 488 g/mol. The van der Waals surface area contributed by atoms with Gasteiger partial charge in [-0.2, -0.15) is 5.06 Å². The number of rotatable bonds is 9. The molecule has 0 heterocycles. The molecule has 34 heavy (non-hydrogen) atoms. The van der Waals surface area contributed by atoms with E-state index in [2.05, 4.69) is 0 Å². The molecule has 0 saturated heterocycles. The van der Waals surface area contributed by atoms with Crippen molar-refractivity contribution >= 4 is 19.4 Å². The third-order valence-corrected chi connectivity index (χ3v) is 8.73. The molecular formula is C27H32F3NO2Si. The van der Waals surface area contributed by atoms with Gasteiger partial charge >= 0.3 is 0 Å². The number of hydroxylamine groups is 2. The SMILES string of the molecule is C[C@@H]([C@H](c1cc(F)c(F)c(F)c1)N(CCO)O[SiH](c1ccccc1)c1ccccc1)C(C)(C)C. The summed E-state index contributed by atoms with van der Waals surface area (Å²) in [4.78, 5) is 0. The van der Waals surface area contributed by atoms with E-state index in [1.807, 2.05) is 88.4 Å². The van der Waals surface area contributed by atoms with Crippen LogP contribution in [0.5, 0.6) is 0 Å². The van der Waals surface area contributed by atoms with Crippen molar-refractivity contribution in [1.29, 1.82) is 0 Å². The van der Waals surface area contributed by atoms with Crippen molar-refractivity contribution in [2.75, 3.05) is 13.2 Å². The summed E-state index contributed by atoms with van der Waals surface area (Å²) in [5.74, 6) is -4.15. The summed E-state index contributed by atoms with van der Waals surface area (Å²) in [7, 11) is -2.30. The first kappa shape index (κ1) is 26.2. The first-order chi connectivity index (χ1) is 16.1. The molecule has 0 aliphatic rings. The Balaban J connectivity index is 2.12. The summed E-state index contributed by atoms with van der Waals surface area (Å²) in [6.45, 7) is 7.96. The van der Waals surface area contributed by atoms with Crippen molar-refractivity contribution < 1.29 is 22.8 Å². The van der Waals surface area contributed by atoms with Gasteiger partial charge in [-0.05, 0) is 39.4 Å². The average Bonchev–Trinajstić information content (AvgIpc) is 2.81. The number of hydrogen-bond acceptors (Lipinski definition) is 3. The van der Waals surface area contributed by atoms with Crippen LogP contribution < -0.4 is 10.4 Å². The second kappa shape index (κ2) is 11.3. The predicted molar refractivity (Wildman–Crippen MR) is 132 cm³/mol. The van der Waals surface area contributed by atoms with E-state index in [1.54, 1.807) is 5.06 Å². The minimum absolute atomic E-state index is 0.120. The van der Waals surface area contributed by atoms with Crippen LogP contribution in [0.15, 0.2) is 72.8 Å². The van der Waals surface area contributed by atoms with Gasteiger partial charge in [0.15, 0.2) is 17.5 Å². The normalized spacial score (nSPS) is 13.9. The summed E-state index contributed by atoms with van der Waals surface area (Å²) in [5, 5.41) is 13.6. The van der Waals surface area contributed by atoms with Crippen LogP contribution in [-0.4, -0.2) is 32.4 Å². The fourth-order valence-electron chi connectivity index (χ4n) is 3.98. The zero-order valence-corrected chi connectivity index (χ0v) is 21.2. The number of aliphatic hydroxyl groups excluding tert-OH is 1. The monoisotopic (exact) mass is 487 g/mol. The molecule has 3 aromatic rings. The summed E-state index contributed by atoms with van der Waals surface area (Å²) in [6, 6.07) is 21.1. The Bertz CT molecular complexity index is 998. The lowest BCUT2D eigenvalue weighted by Crippen LogP contribution is -2.52. The maximum atomic E-state index is 14.3. The molecule has 0 saturated carbocycles. The van der Waals surface area contributed by atoms with Crippen LogP contribution in [0, 0.1) is 28.8 Å². The topological polar surface area (TPSA) is 32.7 Å². The standard InChI is InChI=1S/C27H32F3NO2Si/c1-19(27(2,3)4)26(20-17-23(28)25(30)24(29)18-20)31(15-16-32)33-34(21-11-7-5-8-12-21)22-13-9-6-10-14-22/h5-14,17-19,26,32,34H,15-16H2,1-4H3/t19-,26+/m0/s1. The summed E-state index contributed by atoms with van der Waals surface area (Å²) in [6.07, 6.45) is 0. The van der Waals surface area contributed by atoms with Crippen LogP contribution in [0.1, 0.15) is 39.3 Å². The molecule has 0 radical (unpaired) electrons. The lowest BCUT2D eigenvalue weighted by Gasteiger charge is -2.42. The molecule has 0 aromatic heterocycles. The highest BCUT2D eigenvalue weighted by molar-refractivity contribution is 6.79. The smallest absolute Gasteiger partial charge is 0.267 e. The van der Waals surface area contributed by atoms with Crippen LogP contribution in [-0.2, 0) is 4.53 Å². The molecule has 3 nitrogen and oxygen atoms in total. The molecular weight excluding hydrogens is 455 g/mol. The van der Waals surface area contributed by atoms with Crippen LogP contribution in [0.25, 0.3) is 0 Å². The van der Waals surface area contributed by atoms with E-state index in [9.17, 15) is 18.3 Å². The molecule has 0 amide bonds. The van der Waals surface area contributed by atoms with Crippen molar-refractivity contribution in [2.24, 2.45) is 11.3 Å². The minimum Gasteiger partial charge on any atom is -0.395 e. The maximum Gasteiger partial charge on any atom is 0.267 e. The molecule has 0 unspecified atom stereocenters. The third-order valence-electron chi connectivity index (χ3n) is 6.26. The molecule has 2 atom stereocenters. The Morgan fingerprint density at radius 1 is 0.882 bits per heavy atom. The van der Waals surface area contributed by atoms with E-state index in [1.165, 1.54) is 0 Å². The van der Waals surface area contributed by atoms with Gasteiger partial charge in [0.1, 0.15) is 0 Å². The number of halogens is 3. The van der Waals surface area contributed by atoms with Crippen molar-refractivity contribution in [1.82, 2.24) is 5.06 Å². The van der Waals surface area contributed by atoms with E-state index in [0.29, 0.717) is 0 Å². The van der Waals surface area contributed by atoms with Gasteiger partial charge < -0.3 is 9.63 Å². The minimum atomic E-state index is -2.30. The van der Waals surface area contributed by atoms with Gasteiger partial charge in [0.2, 0.25) is 0 Å². The van der Waals surface area contributed by atoms with Gasteiger partial charge in [-0.1, -0.05) is 88.4 Å². The summed E-state index contributed by atoms with van der Waals surface area (Å²) >= 11 is 0. The number of benzene rings is 3. The van der Waals surface area contributed by atoms with Crippen molar-refractivity contribution in [3.63, 3.8) is 0 Å². The fourth-order valence-corrected chi connectivity index (χ4v) is 6.26. The fraction of sp³-hybridized carbons (Fsp3) is 0.333. The summed E-state index contributed by atoms with van der Waals surface area (Å²) in [5.41, 5.74) is -0.0132. The Labute approximate surface area is 201 Å². The molecule has 0 spiro atoms. The van der Waals surface area contributed by atoms with Crippen molar-refractivity contribution in [3.8, 4) is 0 Å². The van der Waals surface area contributed by atoms with Gasteiger partial charge in [0.25, 0.3) is 9.04 Å². The first-order valence-corrected chi connectivity index (χ1v) is 13.0. The van der Waals surface area contributed by atoms with Gasteiger partial charge in [0.05, 0.1) is 12.6 Å². The predicted octanol–water partition coefficient (Wildman–Crippen LogP) is 4.59. The highest BCUT2D eigenvalue weighted by atomic mass is 28.3. The molecule has 3 aromatic carbocycles. The Morgan fingerprint density at radius 2 is 1.35 bits per heavy atom. The van der Waals surface area contributed by atoms with Crippen LogP contribution in [0.3, 0.4) is 0 Å². The third kappa shape index (κ3) is 6.15. The zero-order valence-electron chi connectivity index (χ0n) is 20.0. The van der Waals surface area contributed by atoms with E-state index in [4.69, 9.17) is 4.53 Å². The van der Waals surface area contributed by atoms with Gasteiger partial charge in [-0.15, -0.1) is 0 Å². The van der Waals surface area contributed by atoms with Crippen LogP contribution in [0.2, 0.25) is 0 Å². The highest BCUT2D eigenvalue weighted by Crippen LogP contribution is 2.40. The first-order valence-electron chi connectivity index (χ1n) is 11.4. The van der Waals surface area contributed by atoms with E-state index < -0.39 is 32.5 Å². The van der Waals surface area contributed by atoms with Crippen molar-refractivity contribution in [3.05, 3.63) is 95.8 Å². The van der Waals surface area contributed by atoms with Crippen LogP contribution in [0.4, 0.5) is 13.2 Å². The largest absolute Gasteiger partial charge is 0.395 e. The van der Waals surface area contributed by atoms with Gasteiger partial charge in [-0.25, -0.2) is 13.2 Å². The zero-order chi connectivity index (χ0) is 24.9. The summed E-state index contributed by atoms with van der Waals surface area (Å²) < 4.78 is 49.0. The lowest BCUT2D eigenvalue weighted by molar-refractivity contribution is -0.133. The molecule has 182 valence electrons. The second-order valence-electron chi connectivity index (χ2n) is 9.57. The molecule has 7 heteroatoms. The second-order valence-corrected chi connectivity index (χ2v) is 11.9. The Kier molecular flexibility index (Phi) is 8.71. The highest BCUT2D eigenvalue weighted by Gasteiger charge is 2.37. The number of hydrogen-bond donors (Lipinski definition) is 1. The quantitative estimate of drug-likeness (QED) is 0.272. The van der Waals surface area contributed by atoms with E-state index in [-0.39, 0.29) is 30.0 Å². The van der Waals surface area contributed by atoms with Crippen molar-refractivity contribution in [2.45, 2.75) is 33.7 Å². The molecule has 3 rings (SSSR count). The van der Waals surface area contributed by atoms with E-state index in [0.717, 1.165) is 22.5 Å². The Hall–Kier alpha value is -2.45. The lowest BCUT2D eigenvalue weighted by atomic mass is 9.75. The number of nitrogens with zero attached hydrogens (tertiary/aromatic N) is 1. The van der Waals surface area contributed by atoms with Gasteiger partial charge in [0, 0.05) is 6.54 Å². The van der Waals surface area contributed by atoms with Crippen LogP contribution >= 0.6 is 0 Å². The number of aliphatic hydroxyl groups is 1. The maximum absolute atomic E-state index is 14.3. The Morgan fingerprint density at radius 3 is 1.76 bits per heavy atom.